The summed E-state index contributed by atoms with van der Waals surface area (Å²) < 4.78 is 0. The second kappa shape index (κ2) is 4.27. The van der Waals surface area contributed by atoms with E-state index in [0.29, 0.717) is 0 Å². The molecule has 13 heavy (non-hydrogen) atoms. The van der Waals surface area contributed by atoms with Gasteiger partial charge in [-0.1, -0.05) is 30.4 Å². The van der Waals surface area contributed by atoms with Crippen LogP contribution in [0, 0.1) is 0 Å². The van der Waals surface area contributed by atoms with Crippen molar-refractivity contribution in [1.29, 1.82) is 0 Å². The zero-order valence-corrected chi connectivity index (χ0v) is 8.85. The van der Waals surface area contributed by atoms with Gasteiger partial charge in [-0.3, -0.25) is 0 Å². The number of hydrogen-bond acceptors (Lipinski definition) is 0. The van der Waals surface area contributed by atoms with Crippen LogP contribution in [0.2, 0.25) is 0 Å². The first-order chi connectivity index (χ1) is 6.15. The molecule has 1 aliphatic rings. The first-order valence-corrected chi connectivity index (χ1v) is 4.84. The summed E-state index contributed by atoms with van der Waals surface area (Å²) in [5, 5.41) is 0. The third-order valence-corrected chi connectivity index (χ3v) is 2.47. The molecule has 0 atom stereocenters. The Hall–Kier alpha value is -1.04. The lowest BCUT2D eigenvalue weighted by Gasteiger charge is -2.17. The Bertz CT molecular complexity index is 298. The number of rotatable bonds is 1. The van der Waals surface area contributed by atoms with Crippen molar-refractivity contribution in [1.82, 2.24) is 0 Å². The standard InChI is InChI=1S/C13H18/c1-5-6-11(3)13-8-7-10(2)9-12(13)4/h5-6,9H,4,7-8H2,1-3H3/b6-5-,13-11-. The van der Waals surface area contributed by atoms with E-state index < -0.39 is 0 Å². The van der Waals surface area contributed by atoms with E-state index in [-0.39, 0.29) is 0 Å². The van der Waals surface area contributed by atoms with Crippen LogP contribution >= 0.6 is 0 Å². The Kier molecular flexibility index (Phi) is 3.30. The van der Waals surface area contributed by atoms with Crippen LogP contribution in [0.15, 0.2) is 47.1 Å². The zero-order valence-electron chi connectivity index (χ0n) is 8.85. The zero-order chi connectivity index (χ0) is 9.84. The molecule has 0 aromatic carbocycles. The van der Waals surface area contributed by atoms with Crippen LogP contribution < -0.4 is 0 Å². The highest BCUT2D eigenvalue weighted by Gasteiger charge is 2.09. The first kappa shape index (κ1) is 10.0. The molecule has 0 aromatic rings. The second-order valence-corrected chi connectivity index (χ2v) is 3.68. The van der Waals surface area contributed by atoms with E-state index in [0.717, 1.165) is 6.42 Å². The summed E-state index contributed by atoms with van der Waals surface area (Å²) in [6.45, 7) is 10.5. The summed E-state index contributed by atoms with van der Waals surface area (Å²) >= 11 is 0. The molecule has 0 amide bonds. The van der Waals surface area contributed by atoms with Gasteiger partial charge in [-0.15, -0.1) is 0 Å². The highest BCUT2D eigenvalue weighted by molar-refractivity contribution is 5.47. The largest absolute Gasteiger partial charge is 0.0915 e. The van der Waals surface area contributed by atoms with Crippen molar-refractivity contribution < 1.29 is 0 Å². The fraction of sp³-hybridized carbons (Fsp3) is 0.385. The van der Waals surface area contributed by atoms with Gasteiger partial charge in [0.15, 0.2) is 0 Å². The predicted octanol–water partition coefficient (Wildman–Crippen LogP) is 4.18. The van der Waals surface area contributed by atoms with Crippen molar-refractivity contribution in [3.05, 3.63) is 47.1 Å². The monoisotopic (exact) mass is 174 g/mol. The fourth-order valence-electron chi connectivity index (χ4n) is 1.74. The topological polar surface area (TPSA) is 0 Å². The molecule has 0 unspecified atom stereocenters. The maximum absolute atomic E-state index is 4.08. The first-order valence-electron chi connectivity index (χ1n) is 4.84. The van der Waals surface area contributed by atoms with Gasteiger partial charge in [0.2, 0.25) is 0 Å². The highest BCUT2D eigenvalue weighted by Crippen LogP contribution is 2.28. The quantitative estimate of drug-likeness (QED) is 0.559. The summed E-state index contributed by atoms with van der Waals surface area (Å²) in [5.41, 5.74) is 5.42. The van der Waals surface area contributed by atoms with Gasteiger partial charge in [-0.05, 0) is 50.3 Å². The van der Waals surface area contributed by atoms with Crippen LogP contribution in [0.25, 0.3) is 0 Å². The van der Waals surface area contributed by atoms with Crippen LogP contribution in [0.5, 0.6) is 0 Å². The van der Waals surface area contributed by atoms with Crippen molar-refractivity contribution in [3.63, 3.8) is 0 Å². The molecule has 0 saturated carbocycles. The molecule has 0 aromatic heterocycles. The summed E-state index contributed by atoms with van der Waals surface area (Å²) in [7, 11) is 0. The lowest BCUT2D eigenvalue weighted by Crippen LogP contribution is -1.97. The normalized spacial score (nSPS) is 22.1. The summed E-state index contributed by atoms with van der Waals surface area (Å²) in [6.07, 6.45) is 8.78. The van der Waals surface area contributed by atoms with Gasteiger partial charge in [0.1, 0.15) is 0 Å². The van der Waals surface area contributed by atoms with Crippen molar-refractivity contribution >= 4 is 0 Å². The van der Waals surface area contributed by atoms with Gasteiger partial charge < -0.3 is 0 Å². The highest BCUT2D eigenvalue weighted by atomic mass is 14.1. The Morgan fingerprint density at radius 3 is 2.69 bits per heavy atom. The molecular formula is C13H18. The lowest BCUT2D eigenvalue weighted by atomic mass is 9.89. The average Bonchev–Trinajstić information content (AvgIpc) is 2.04. The van der Waals surface area contributed by atoms with E-state index in [1.165, 1.54) is 28.7 Å². The van der Waals surface area contributed by atoms with Crippen LogP contribution in [0.3, 0.4) is 0 Å². The van der Waals surface area contributed by atoms with E-state index in [9.17, 15) is 0 Å². The Balaban J connectivity index is 2.97. The van der Waals surface area contributed by atoms with E-state index in [4.69, 9.17) is 0 Å². The van der Waals surface area contributed by atoms with Crippen molar-refractivity contribution in [2.45, 2.75) is 33.6 Å². The van der Waals surface area contributed by atoms with Gasteiger partial charge in [0.05, 0.1) is 0 Å². The molecule has 1 rings (SSSR count). The predicted molar refractivity (Wildman–Crippen MR) is 59.6 cm³/mol. The molecule has 1 aliphatic carbocycles. The van der Waals surface area contributed by atoms with E-state index >= 15 is 0 Å². The Morgan fingerprint density at radius 1 is 1.46 bits per heavy atom. The number of hydrogen-bond donors (Lipinski definition) is 0. The van der Waals surface area contributed by atoms with Crippen molar-refractivity contribution in [2.75, 3.05) is 0 Å². The average molecular weight is 174 g/mol. The SMILES string of the molecule is C=C1C=C(C)CC/C1=C(C)/C=C\C. The van der Waals surface area contributed by atoms with E-state index in [2.05, 4.69) is 45.6 Å². The third kappa shape index (κ3) is 2.45. The molecule has 0 bridgehead atoms. The molecule has 0 spiro atoms. The van der Waals surface area contributed by atoms with Gasteiger partial charge in [0, 0.05) is 0 Å². The molecule has 0 N–H and O–H groups in total. The fourth-order valence-corrected chi connectivity index (χ4v) is 1.74. The summed E-state index contributed by atoms with van der Waals surface area (Å²) in [5.74, 6) is 0. The second-order valence-electron chi connectivity index (χ2n) is 3.68. The Labute approximate surface area is 81.4 Å². The molecule has 0 nitrogen and oxygen atoms in total. The van der Waals surface area contributed by atoms with Crippen LogP contribution in [-0.4, -0.2) is 0 Å². The molecule has 0 aliphatic heterocycles. The van der Waals surface area contributed by atoms with Crippen LogP contribution in [-0.2, 0) is 0 Å². The third-order valence-electron chi connectivity index (χ3n) is 2.47. The molecular weight excluding hydrogens is 156 g/mol. The van der Waals surface area contributed by atoms with Crippen molar-refractivity contribution in [2.24, 2.45) is 0 Å². The van der Waals surface area contributed by atoms with Crippen LogP contribution in [0.1, 0.15) is 33.6 Å². The molecule has 0 saturated heterocycles. The summed E-state index contributed by atoms with van der Waals surface area (Å²) in [4.78, 5) is 0. The minimum atomic E-state index is 1.15. The molecule has 0 heteroatoms. The van der Waals surface area contributed by atoms with Gasteiger partial charge in [0.25, 0.3) is 0 Å². The van der Waals surface area contributed by atoms with E-state index in [1.807, 2.05) is 0 Å². The molecule has 0 radical (unpaired) electrons. The smallest absolute Gasteiger partial charge is 0.0233 e. The maximum Gasteiger partial charge on any atom is -0.0233 e. The molecule has 0 fully saturated rings. The van der Waals surface area contributed by atoms with Crippen LogP contribution in [0.4, 0.5) is 0 Å². The minimum Gasteiger partial charge on any atom is -0.0915 e. The van der Waals surface area contributed by atoms with Crippen molar-refractivity contribution in [3.8, 4) is 0 Å². The maximum atomic E-state index is 4.08. The molecule has 0 heterocycles. The number of allylic oxidation sites excluding steroid dienone is 7. The van der Waals surface area contributed by atoms with Gasteiger partial charge >= 0.3 is 0 Å². The van der Waals surface area contributed by atoms with Gasteiger partial charge in [-0.25, -0.2) is 0 Å². The summed E-state index contributed by atoms with van der Waals surface area (Å²) in [6, 6.07) is 0. The van der Waals surface area contributed by atoms with E-state index in [1.54, 1.807) is 0 Å². The molecule has 70 valence electrons. The minimum absolute atomic E-state index is 1.15. The Morgan fingerprint density at radius 2 is 2.15 bits per heavy atom. The van der Waals surface area contributed by atoms with Gasteiger partial charge in [-0.2, -0.15) is 0 Å². The lowest BCUT2D eigenvalue weighted by molar-refractivity contribution is 0.899.